The average Bonchev–Trinajstić information content (AvgIpc) is 3.21. The molecule has 0 N–H and O–H groups in total. The summed E-state index contributed by atoms with van der Waals surface area (Å²) in [7, 11) is 0. The highest BCUT2D eigenvalue weighted by atomic mass is 19.1. The quantitative estimate of drug-likeness (QED) is 0.337. The first-order chi connectivity index (χ1) is 14.3. The molecule has 0 amide bonds. The van der Waals surface area contributed by atoms with Crippen LogP contribution in [0.2, 0.25) is 0 Å². The van der Waals surface area contributed by atoms with Crippen LogP contribution in [-0.2, 0) is 0 Å². The van der Waals surface area contributed by atoms with Gasteiger partial charge in [-0.05, 0) is 56.8 Å². The van der Waals surface area contributed by atoms with E-state index in [9.17, 15) is 8.78 Å². The standard InChI is InChI=1S/C18H13F2N3O.C4H8.C2H6/c1-11(12-6-4-3-5-7-12)16(21-2)18-22-17(23-24-18)14-10-13(19)8-9-15(14)20;1-4(2)3;1-2/h3-10H,2H2,1H3;1H2,2-3H3;1-2H3/b16-11+;;. The second-order valence-electron chi connectivity index (χ2n) is 6.25. The lowest BCUT2D eigenvalue weighted by molar-refractivity contribution is 0.407. The second kappa shape index (κ2) is 12.2. The lowest BCUT2D eigenvalue weighted by atomic mass is 10.1. The van der Waals surface area contributed by atoms with Crippen LogP contribution >= 0.6 is 0 Å². The fourth-order valence-electron chi connectivity index (χ4n) is 2.27. The van der Waals surface area contributed by atoms with Crippen molar-refractivity contribution >= 4 is 18.0 Å². The Hall–Kier alpha value is -3.41. The lowest BCUT2D eigenvalue weighted by Gasteiger charge is -2.03. The van der Waals surface area contributed by atoms with Crippen LogP contribution in [0.4, 0.5) is 8.78 Å². The Kier molecular flexibility index (Phi) is 10.0. The first kappa shape index (κ1) is 24.6. The maximum atomic E-state index is 13.8. The van der Waals surface area contributed by atoms with E-state index in [1.54, 1.807) is 0 Å². The predicted molar refractivity (Wildman–Crippen MR) is 120 cm³/mol. The molecule has 3 aromatic rings. The highest BCUT2D eigenvalue weighted by molar-refractivity contribution is 5.88. The minimum Gasteiger partial charge on any atom is -0.332 e. The number of benzene rings is 2. The number of allylic oxidation sites excluding steroid dienone is 2. The van der Waals surface area contributed by atoms with Crippen LogP contribution in [0.15, 0.2) is 70.2 Å². The van der Waals surface area contributed by atoms with Gasteiger partial charge in [-0.25, -0.2) is 8.78 Å². The molecule has 0 atom stereocenters. The van der Waals surface area contributed by atoms with Gasteiger partial charge in [-0.15, -0.1) is 6.58 Å². The molecule has 30 heavy (non-hydrogen) atoms. The summed E-state index contributed by atoms with van der Waals surface area (Å²) in [5.41, 5.74) is 3.17. The summed E-state index contributed by atoms with van der Waals surface area (Å²) in [6, 6.07) is 12.5. The Morgan fingerprint density at radius 1 is 1.00 bits per heavy atom. The van der Waals surface area contributed by atoms with Crippen molar-refractivity contribution in [3.05, 3.63) is 83.8 Å². The number of halogens is 2. The molecule has 0 saturated carbocycles. The third-order valence-electron chi connectivity index (χ3n) is 3.52. The van der Waals surface area contributed by atoms with Crippen LogP contribution < -0.4 is 0 Å². The number of aliphatic imine (C=N–C) groups is 1. The summed E-state index contributed by atoms with van der Waals surface area (Å²) in [5.74, 6) is -1.19. The SMILES string of the molecule is C=C(C)C.C=N/C(=C(\C)c1ccccc1)c1nc(-c2cc(F)ccc2F)no1.CC. The summed E-state index contributed by atoms with van der Waals surface area (Å²) < 4.78 is 32.3. The molecule has 2 aromatic carbocycles. The van der Waals surface area contributed by atoms with E-state index in [4.69, 9.17) is 4.52 Å². The van der Waals surface area contributed by atoms with Crippen LogP contribution in [0.1, 0.15) is 46.1 Å². The monoisotopic (exact) mass is 411 g/mol. The van der Waals surface area contributed by atoms with E-state index in [0.717, 1.165) is 29.3 Å². The molecule has 0 aliphatic carbocycles. The van der Waals surface area contributed by atoms with Gasteiger partial charge in [0.2, 0.25) is 5.82 Å². The van der Waals surface area contributed by atoms with Gasteiger partial charge in [-0.2, -0.15) is 4.98 Å². The number of hydrogen-bond acceptors (Lipinski definition) is 4. The molecule has 0 saturated heterocycles. The van der Waals surface area contributed by atoms with Crippen molar-refractivity contribution < 1.29 is 13.3 Å². The number of nitrogens with zero attached hydrogens (tertiary/aromatic N) is 3. The Morgan fingerprint density at radius 2 is 1.60 bits per heavy atom. The topological polar surface area (TPSA) is 51.3 Å². The number of aromatic nitrogens is 2. The molecular formula is C24H27F2N3O. The molecule has 0 spiro atoms. The molecular weight excluding hydrogens is 384 g/mol. The van der Waals surface area contributed by atoms with Crippen LogP contribution in [0.3, 0.4) is 0 Å². The first-order valence-corrected chi connectivity index (χ1v) is 9.48. The van der Waals surface area contributed by atoms with Crippen molar-refractivity contribution in [2.45, 2.75) is 34.6 Å². The summed E-state index contributed by atoms with van der Waals surface area (Å²) in [6.07, 6.45) is 0. The van der Waals surface area contributed by atoms with Gasteiger partial charge in [0.1, 0.15) is 17.3 Å². The Labute approximate surface area is 176 Å². The minimum atomic E-state index is -0.638. The van der Waals surface area contributed by atoms with Crippen molar-refractivity contribution in [1.29, 1.82) is 0 Å². The minimum absolute atomic E-state index is 0.0518. The fraction of sp³-hybridized carbons (Fsp3) is 0.208. The molecule has 6 heteroatoms. The molecule has 0 aliphatic heterocycles. The third kappa shape index (κ3) is 6.88. The van der Waals surface area contributed by atoms with Crippen LogP contribution in [0.25, 0.3) is 22.7 Å². The van der Waals surface area contributed by atoms with Crippen molar-refractivity contribution in [2.24, 2.45) is 4.99 Å². The second-order valence-corrected chi connectivity index (χ2v) is 6.25. The Morgan fingerprint density at radius 3 is 2.17 bits per heavy atom. The van der Waals surface area contributed by atoms with Gasteiger partial charge in [0.15, 0.2) is 0 Å². The van der Waals surface area contributed by atoms with Crippen molar-refractivity contribution in [1.82, 2.24) is 10.1 Å². The molecule has 3 rings (SSSR count). The van der Waals surface area contributed by atoms with E-state index in [1.807, 2.05) is 65.0 Å². The molecule has 0 aliphatic rings. The molecule has 0 unspecified atom stereocenters. The van der Waals surface area contributed by atoms with E-state index in [-0.39, 0.29) is 17.3 Å². The van der Waals surface area contributed by atoms with Crippen molar-refractivity contribution in [3.8, 4) is 11.4 Å². The smallest absolute Gasteiger partial charge is 0.277 e. The molecule has 1 aromatic heterocycles. The zero-order valence-electron chi connectivity index (χ0n) is 18.0. The van der Waals surface area contributed by atoms with Gasteiger partial charge >= 0.3 is 0 Å². The Bertz CT molecular complexity index is 1000. The summed E-state index contributed by atoms with van der Waals surface area (Å²) >= 11 is 0. The van der Waals surface area contributed by atoms with Gasteiger partial charge in [-0.3, -0.25) is 4.99 Å². The van der Waals surface area contributed by atoms with Gasteiger partial charge in [-0.1, -0.05) is 54.9 Å². The van der Waals surface area contributed by atoms with E-state index in [2.05, 4.69) is 28.4 Å². The highest BCUT2D eigenvalue weighted by Gasteiger charge is 2.18. The maximum Gasteiger partial charge on any atom is 0.277 e. The number of rotatable bonds is 4. The molecule has 4 nitrogen and oxygen atoms in total. The maximum absolute atomic E-state index is 13.8. The van der Waals surface area contributed by atoms with E-state index < -0.39 is 11.6 Å². The molecule has 158 valence electrons. The van der Waals surface area contributed by atoms with Crippen LogP contribution in [0.5, 0.6) is 0 Å². The van der Waals surface area contributed by atoms with Gasteiger partial charge in [0, 0.05) is 0 Å². The first-order valence-electron chi connectivity index (χ1n) is 9.48. The van der Waals surface area contributed by atoms with E-state index in [0.29, 0.717) is 5.70 Å². The van der Waals surface area contributed by atoms with Gasteiger partial charge in [0.25, 0.3) is 5.89 Å². The molecule has 0 radical (unpaired) electrons. The third-order valence-corrected chi connectivity index (χ3v) is 3.52. The summed E-state index contributed by atoms with van der Waals surface area (Å²) in [6.45, 7) is 16.9. The highest BCUT2D eigenvalue weighted by Crippen LogP contribution is 2.28. The molecule has 0 fully saturated rings. The van der Waals surface area contributed by atoms with E-state index >= 15 is 0 Å². The van der Waals surface area contributed by atoms with Crippen LogP contribution in [-0.4, -0.2) is 16.9 Å². The van der Waals surface area contributed by atoms with Crippen molar-refractivity contribution in [3.63, 3.8) is 0 Å². The zero-order valence-corrected chi connectivity index (χ0v) is 18.0. The lowest BCUT2D eigenvalue weighted by Crippen LogP contribution is -1.90. The average molecular weight is 411 g/mol. The largest absolute Gasteiger partial charge is 0.332 e. The summed E-state index contributed by atoms with van der Waals surface area (Å²) in [5, 5.41) is 3.72. The number of hydrogen-bond donors (Lipinski definition) is 0. The van der Waals surface area contributed by atoms with E-state index in [1.165, 1.54) is 5.57 Å². The molecule has 0 bridgehead atoms. The predicted octanol–water partition coefficient (Wildman–Crippen LogP) is 7.21. The van der Waals surface area contributed by atoms with Crippen molar-refractivity contribution in [2.75, 3.05) is 0 Å². The van der Waals surface area contributed by atoms with Gasteiger partial charge < -0.3 is 4.52 Å². The fourth-order valence-corrected chi connectivity index (χ4v) is 2.27. The Balaban J connectivity index is 0.000000673. The van der Waals surface area contributed by atoms with Gasteiger partial charge in [0.05, 0.1) is 5.56 Å². The zero-order chi connectivity index (χ0) is 22.7. The summed E-state index contributed by atoms with van der Waals surface area (Å²) in [4.78, 5) is 8.07. The van der Waals surface area contributed by atoms with Crippen LogP contribution in [0, 0.1) is 11.6 Å². The normalized spacial score (nSPS) is 10.6. The molecule has 1 heterocycles.